The molecule has 16 nitrogen and oxygen atoms in total. The van der Waals surface area contributed by atoms with Crippen molar-refractivity contribution < 1.29 is 82.1 Å². The van der Waals surface area contributed by atoms with Crippen LogP contribution in [0.4, 0.5) is 4.39 Å². The van der Waals surface area contributed by atoms with Gasteiger partial charge in [0, 0.05) is 33.5 Å². The fourth-order valence-electron chi connectivity index (χ4n) is 16.4. The Kier molecular flexibility index (Phi) is 16.5. The summed E-state index contributed by atoms with van der Waals surface area (Å²) >= 11 is 0. The number of alkyl halides is 1. The number of halogens is 1. The number of rotatable bonds is 21. The number of aliphatic hydroxyl groups excluding tert-OH is 2. The van der Waals surface area contributed by atoms with Crippen molar-refractivity contribution in [3.05, 3.63) is 47.6 Å². The fraction of sp³-hybridized carbons (Fsp3) is 0.729. The average molecular weight is 1060 g/mol. The number of esters is 4. The molecule has 6 saturated carbocycles. The maximum absolute atomic E-state index is 17.5. The Labute approximate surface area is 444 Å². The number of hydrogen-bond donors (Lipinski definition) is 4. The van der Waals surface area contributed by atoms with Crippen LogP contribution in [0, 0.1) is 57.2 Å². The van der Waals surface area contributed by atoms with E-state index >= 15 is 4.39 Å². The van der Waals surface area contributed by atoms with Crippen molar-refractivity contribution in [3.63, 3.8) is 0 Å². The zero-order chi connectivity index (χ0) is 55.2. The molecule has 0 saturated heterocycles. The second-order valence-corrected chi connectivity index (χ2v) is 24.5. The Balaban J connectivity index is 0.649. The van der Waals surface area contributed by atoms with Gasteiger partial charge in [-0.3, -0.25) is 38.4 Å². The highest BCUT2D eigenvalue weighted by atomic mass is 19.1. The van der Waals surface area contributed by atoms with Crippen LogP contribution in [-0.2, 0) is 57.3 Å². The Morgan fingerprint density at radius 1 is 0.632 bits per heavy atom. The molecule has 8 rings (SSSR count). The largest absolute Gasteiger partial charge is 0.466 e. The van der Waals surface area contributed by atoms with Crippen molar-refractivity contribution in [2.24, 2.45) is 57.2 Å². The van der Waals surface area contributed by atoms with E-state index in [0.29, 0.717) is 50.5 Å². The van der Waals surface area contributed by atoms with Gasteiger partial charge < -0.3 is 39.4 Å². The summed E-state index contributed by atoms with van der Waals surface area (Å²) in [5.41, 5.74) is -8.11. The first kappa shape index (κ1) is 57.5. The molecule has 0 spiro atoms. The molecule has 8 aliphatic carbocycles. The molecule has 0 aromatic heterocycles. The highest BCUT2D eigenvalue weighted by Crippen LogP contribution is 2.71. The summed E-state index contributed by atoms with van der Waals surface area (Å²) in [5.74, 6) is -6.35. The van der Waals surface area contributed by atoms with Crippen LogP contribution in [0.15, 0.2) is 47.6 Å². The quantitative estimate of drug-likeness (QED) is 0.0540. The first-order valence-electron chi connectivity index (χ1n) is 27.9. The number of aliphatic hydroxyl groups is 4. The normalized spacial score (nSPS) is 39.7. The van der Waals surface area contributed by atoms with Crippen LogP contribution < -0.4 is 0 Å². The summed E-state index contributed by atoms with van der Waals surface area (Å²) in [6.07, 6.45) is 13.7. The number of Topliss-reactive ketones (excluding diaryl/α,β-unsaturated/α-hetero) is 2. The molecule has 0 heterocycles. The number of carbonyl (C=O) groups excluding carboxylic acids is 8. The van der Waals surface area contributed by atoms with Gasteiger partial charge in [0.1, 0.15) is 11.2 Å². The van der Waals surface area contributed by atoms with Crippen LogP contribution in [0.3, 0.4) is 0 Å². The number of hydrogen-bond acceptors (Lipinski definition) is 16. The molecule has 0 radical (unpaired) electrons. The second kappa shape index (κ2) is 21.8. The lowest BCUT2D eigenvalue weighted by molar-refractivity contribution is -0.220. The van der Waals surface area contributed by atoms with Crippen LogP contribution in [0.25, 0.3) is 0 Å². The van der Waals surface area contributed by atoms with E-state index in [-0.39, 0.29) is 87.5 Å². The summed E-state index contributed by atoms with van der Waals surface area (Å²) in [6.45, 7) is 7.96. The Morgan fingerprint density at radius 3 is 1.76 bits per heavy atom. The summed E-state index contributed by atoms with van der Waals surface area (Å²) in [5, 5.41) is 47.2. The van der Waals surface area contributed by atoms with E-state index in [9.17, 15) is 58.8 Å². The van der Waals surface area contributed by atoms with Crippen molar-refractivity contribution in [3.8, 4) is 0 Å². The van der Waals surface area contributed by atoms with Crippen molar-refractivity contribution in [2.75, 3.05) is 26.4 Å². The zero-order valence-corrected chi connectivity index (χ0v) is 44.9. The summed E-state index contributed by atoms with van der Waals surface area (Å²) in [7, 11) is 0. The molecule has 0 aromatic rings. The molecule has 0 aliphatic heterocycles. The van der Waals surface area contributed by atoms with Crippen LogP contribution in [-0.4, -0.2) is 123 Å². The van der Waals surface area contributed by atoms with E-state index in [2.05, 4.69) is 6.92 Å². The van der Waals surface area contributed by atoms with Gasteiger partial charge in [-0.1, -0.05) is 76.7 Å². The molecular weight excluding hydrogens is 984 g/mol. The molecule has 4 N–H and O–H groups in total. The fourth-order valence-corrected chi connectivity index (χ4v) is 16.4. The van der Waals surface area contributed by atoms with Crippen LogP contribution in [0.5, 0.6) is 0 Å². The lowest BCUT2D eigenvalue weighted by Crippen LogP contribution is -2.69. The standard InChI is InChI=1S/C59H79FO16/c1-35-28-43-42-15-13-37-30-39(62)21-24-54(37,3)58(42,60)45(64)32-56(43,5)59(35,72)47(66)34-76-51(70)19-17-49(68)74-27-11-9-7-6-8-10-26-73-48(67)16-18-50(69)75-33-46(65)57(71)25-22-41-40-14-12-36-29-38(61)20-23-53(36,2)52(40)44(63)31-55(41,57)4/h20-21,23-24,29-30,35,40-45,52,63-64,71-72H,6-19,22,25-28,31-34H2,1-5H3/t35-,40?,41?,42?,43?,44+,45+,52?,53+,54+,55+,56+,57+,58+,59+/m1/s1. The smallest absolute Gasteiger partial charge is 0.306 e. The summed E-state index contributed by atoms with van der Waals surface area (Å²) < 4.78 is 38.5. The minimum absolute atomic E-state index is 0.0344. The van der Waals surface area contributed by atoms with Crippen molar-refractivity contribution >= 4 is 47.0 Å². The van der Waals surface area contributed by atoms with Gasteiger partial charge in [-0.15, -0.1) is 0 Å². The first-order chi connectivity index (χ1) is 35.8. The third-order valence-corrected chi connectivity index (χ3v) is 20.6. The number of carbonyl (C=O) groups is 8. The summed E-state index contributed by atoms with van der Waals surface area (Å²) in [4.78, 5) is 102. The molecule has 5 unspecified atom stereocenters. The van der Waals surface area contributed by atoms with Gasteiger partial charge in [0.25, 0.3) is 0 Å². The van der Waals surface area contributed by atoms with Crippen molar-refractivity contribution in [2.45, 2.75) is 186 Å². The molecular formula is C59H79FO16. The first-order valence-corrected chi connectivity index (χ1v) is 27.9. The van der Waals surface area contributed by atoms with E-state index < -0.39 is 117 Å². The van der Waals surface area contributed by atoms with E-state index in [1.807, 2.05) is 13.0 Å². The third-order valence-electron chi connectivity index (χ3n) is 20.6. The zero-order valence-electron chi connectivity index (χ0n) is 44.9. The van der Waals surface area contributed by atoms with Crippen LogP contribution >= 0.6 is 0 Å². The molecule has 76 heavy (non-hydrogen) atoms. The number of fused-ring (bicyclic) bond motifs is 10. The minimum atomic E-state index is -2.12. The monoisotopic (exact) mass is 1060 g/mol. The lowest BCUT2D eigenvalue weighted by Gasteiger charge is -2.62. The molecule has 0 bridgehead atoms. The van der Waals surface area contributed by atoms with Gasteiger partial charge in [0.2, 0.25) is 11.6 Å². The van der Waals surface area contributed by atoms with Crippen LogP contribution in [0.2, 0.25) is 0 Å². The Bertz CT molecular complexity index is 2480. The SMILES string of the molecule is C[C@@H]1CC2C3CCC4=CC(=O)C=C[C@]4(C)[C@@]3(F)[C@@H](O)C[C@]2(C)[C@@]1(O)C(=O)COC(=O)CCC(=O)OCCCCCCCCOC(=O)CCC(=O)OCC(=O)[C@@]1(O)CCC2C3CCC4=CC(=O)C=C[C@]4(C)C3[C@@H](O)C[C@@]21C. The van der Waals surface area contributed by atoms with E-state index in [0.717, 1.165) is 37.7 Å². The van der Waals surface area contributed by atoms with E-state index in [1.54, 1.807) is 39.0 Å². The number of ether oxygens (including phenoxy) is 4. The van der Waals surface area contributed by atoms with Crippen molar-refractivity contribution in [1.82, 2.24) is 0 Å². The molecule has 418 valence electrons. The number of allylic oxidation sites excluding steroid dienone is 8. The lowest BCUT2D eigenvalue weighted by atomic mass is 9.44. The average Bonchev–Trinajstić information content (AvgIpc) is 3.76. The molecule has 0 aromatic carbocycles. The third kappa shape index (κ3) is 9.83. The van der Waals surface area contributed by atoms with Gasteiger partial charge in [-0.05, 0) is 126 Å². The molecule has 0 amide bonds. The highest BCUT2D eigenvalue weighted by Gasteiger charge is 2.76. The van der Waals surface area contributed by atoms with Gasteiger partial charge in [0.05, 0.1) is 51.1 Å². The predicted octanol–water partition coefficient (Wildman–Crippen LogP) is 6.56. The maximum atomic E-state index is 17.5. The minimum Gasteiger partial charge on any atom is -0.466 e. The molecule has 6 fully saturated rings. The van der Waals surface area contributed by atoms with Gasteiger partial charge in [0.15, 0.2) is 30.4 Å². The topological polar surface area (TPSA) is 254 Å². The number of unbranched alkanes of at least 4 members (excludes halogenated alkanes) is 5. The van der Waals surface area contributed by atoms with E-state index in [4.69, 9.17) is 18.9 Å². The second-order valence-electron chi connectivity index (χ2n) is 24.5. The van der Waals surface area contributed by atoms with Crippen molar-refractivity contribution in [1.29, 1.82) is 0 Å². The Hall–Kier alpha value is -4.71. The van der Waals surface area contributed by atoms with Crippen LogP contribution in [0.1, 0.15) is 157 Å². The Morgan fingerprint density at radius 2 is 1.16 bits per heavy atom. The van der Waals surface area contributed by atoms with Gasteiger partial charge >= 0.3 is 23.9 Å². The number of ketones is 4. The van der Waals surface area contributed by atoms with Gasteiger partial charge in [-0.25, -0.2) is 4.39 Å². The van der Waals surface area contributed by atoms with Gasteiger partial charge in [-0.2, -0.15) is 0 Å². The molecule has 15 atom stereocenters. The predicted molar refractivity (Wildman–Crippen MR) is 271 cm³/mol. The molecule has 17 heteroatoms. The maximum Gasteiger partial charge on any atom is 0.306 e. The highest BCUT2D eigenvalue weighted by molar-refractivity contribution is 6.02. The summed E-state index contributed by atoms with van der Waals surface area (Å²) in [6, 6.07) is 0. The molecule has 8 aliphatic rings. The van der Waals surface area contributed by atoms with E-state index in [1.165, 1.54) is 12.2 Å².